The number of esters is 2. The highest BCUT2D eigenvalue weighted by atomic mass is 31.2. The summed E-state index contributed by atoms with van der Waals surface area (Å²) in [6.45, 7) is 3.51. The van der Waals surface area contributed by atoms with Gasteiger partial charge >= 0.3 is 19.8 Å². The molecule has 2 unspecified atom stereocenters. The Morgan fingerprint density at radius 1 is 0.330 bits per heavy atom. The van der Waals surface area contributed by atoms with E-state index >= 15 is 0 Å². The van der Waals surface area contributed by atoms with Crippen molar-refractivity contribution in [2.75, 3.05) is 26.4 Å². The van der Waals surface area contributed by atoms with E-state index in [0.717, 1.165) is 148 Å². The zero-order valence-corrected chi connectivity index (χ0v) is 58.6. The topological polar surface area (TPSA) is 134 Å². The highest BCUT2D eigenvalue weighted by Crippen LogP contribution is 2.43. The van der Waals surface area contributed by atoms with Crippen molar-refractivity contribution in [1.82, 2.24) is 0 Å². The molecule has 0 fully saturated rings. The van der Waals surface area contributed by atoms with Crippen molar-refractivity contribution in [3.63, 3.8) is 0 Å². The lowest BCUT2D eigenvalue weighted by atomic mass is 10.0. The molecular formula is C81H132NO8P. The van der Waals surface area contributed by atoms with Crippen LogP contribution >= 0.6 is 7.82 Å². The molecule has 0 radical (unpaired) electrons. The Balaban J connectivity index is 3.97. The van der Waals surface area contributed by atoms with Gasteiger partial charge in [0.25, 0.3) is 0 Å². The van der Waals surface area contributed by atoms with Crippen LogP contribution in [0.2, 0.25) is 0 Å². The van der Waals surface area contributed by atoms with Crippen LogP contribution in [0.4, 0.5) is 0 Å². The van der Waals surface area contributed by atoms with E-state index in [9.17, 15) is 19.0 Å². The number of unbranched alkanes of at least 4 members (excludes halogenated alkanes) is 23. The van der Waals surface area contributed by atoms with Gasteiger partial charge in [0, 0.05) is 19.4 Å². The van der Waals surface area contributed by atoms with Crippen LogP contribution in [0.1, 0.15) is 284 Å². The predicted octanol–water partition coefficient (Wildman–Crippen LogP) is 24.3. The van der Waals surface area contributed by atoms with Crippen LogP contribution in [0.25, 0.3) is 0 Å². The zero-order chi connectivity index (χ0) is 65.8. The first-order valence-electron chi connectivity index (χ1n) is 36.3. The molecule has 0 spiro atoms. The number of carbonyl (C=O) groups is 2. The number of hydrogen-bond acceptors (Lipinski definition) is 8. The summed E-state index contributed by atoms with van der Waals surface area (Å²) in [7, 11) is -4.41. The third kappa shape index (κ3) is 74.0. The second kappa shape index (κ2) is 74.2. The lowest BCUT2D eigenvalue weighted by molar-refractivity contribution is -0.161. The number of ether oxygens (including phenoxy) is 2. The molecule has 0 aliphatic rings. The number of allylic oxidation sites excluding steroid dienone is 30. The summed E-state index contributed by atoms with van der Waals surface area (Å²) in [6, 6.07) is 0. The third-order valence-electron chi connectivity index (χ3n) is 14.8. The average molecular weight is 1280 g/mol. The van der Waals surface area contributed by atoms with Crippen LogP contribution in [-0.4, -0.2) is 49.3 Å². The first-order valence-corrected chi connectivity index (χ1v) is 37.8. The maximum absolute atomic E-state index is 12.8. The van der Waals surface area contributed by atoms with Crippen molar-refractivity contribution in [2.24, 2.45) is 5.73 Å². The van der Waals surface area contributed by atoms with Crippen LogP contribution in [-0.2, 0) is 32.7 Å². The third-order valence-corrected chi connectivity index (χ3v) is 15.8. The van der Waals surface area contributed by atoms with Gasteiger partial charge in [-0.1, -0.05) is 318 Å². The van der Waals surface area contributed by atoms with Gasteiger partial charge in [-0.15, -0.1) is 0 Å². The van der Waals surface area contributed by atoms with Gasteiger partial charge in [0.2, 0.25) is 0 Å². The molecule has 0 amide bonds. The van der Waals surface area contributed by atoms with Gasteiger partial charge in [0.15, 0.2) is 6.10 Å². The second-order valence-electron chi connectivity index (χ2n) is 23.3. The Morgan fingerprint density at radius 3 is 0.846 bits per heavy atom. The molecule has 514 valence electrons. The van der Waals surface area contributed by atoms with Gasteiger partial charge in [-0.05, 0) is 135 Å². The van der Waals surface area contributed by atoms with Crippen LogP contribution in [0.15, 0.2) is 182 Å². The quantitative estimate of drug-likeness (QED) is 0.0264. The maximum atomic E-state index is 12.8. The van der Waals surface area contributed by atoms with E-state index in [-0.39, 0.29) is 38.6 Å². The fraction of sp³-hybridized carbons (Fsp3) is 0.605. The molecular weight excluding hydrogens is 1150 g/mol. The fourth-order valence-electron chi connectivity index (χ4n) is 9.52. The molecule has 0 saturated heterocycles. The lowest BCUT2D eigenvalue weighted by Gasteiger charge is -2.19. The van der Waals surface area contributed by atoms with Gasteiger partial charge in [-0.3, -0.25) is 18.6 Å². The first-order chi connectivity index (χ1) is 44.8. The van der Waals surface area contributed by atoms with Gasteiger partial charge in [0.1, 0.15) is 6.61 Å². The molecule has 0 bridgehead atoms. The van der Waals surface area contributed by atoms with E-state index in [4.69, 9.17) is 24.3 Å². The molecule has 0 aromatic rings. The van der Waals surface area contributed by atoms with E-state index in [1.54, 1.807) is 0 Å². The Labute approximate surface area is 558 Å². The summed E-state index contributed by atoms with van der Waals surface area (Å²) >= 11 is 0. The molecule has 0 saturated carbocycles. The first kappa shape index (κ1) is 86.1. The summed E-state index contributed by atoms with van der Waals surface area (Å²) in [6.07, 6.45) is 111. The molecule has 0 aromatic carbocycles. The zero-order valence-electron chi connectivity index (χ0n) is 57.8. The van der Waals surface area contributed by atoms with Gasteiger partial charge in [-0.2, -0.15) is 0 Å². The number of nitrogens with two attached hydrogens (primary N) is 1. The van der Waals surface area contributed by atoms with E-state index < -0.39 is 26.5 Å². The maximum Gasteiger partial charge on any atom is 0.472 e. The average Bonchev–Trinajstić information content (AvgIpc) is 3.74. The van der Waals surface area contributed by atoms with Crippen molar-refractivity contribution in [3.05, 3.63) is 182 Å². The van der Waals surface area contributed by atoms with Crippen molar-refractivity contribution in [1.29, 1.82) is 0 Å². The minimum Gasteiger partial charge on any atom is -0.462 e. The number of hydrogen-bond donors (Lipinski definition) is 2. The van der Waals surface area contributed by atoms with Crippen LogP contribution in [0.5, 0.6) is 0 Å². The monoisotopic (exact) mass is 1280 g/mol. The number of phosphoric acid groups is 1. The summed E-state index contributed by atoms with van der Waals surface area (Å²) in [5, 5.41) is 0. The standard InChI is InChI=1S/C81H132NO8P/c1-3-5-7-9-11-13-15-17-19-21-23-25-27-29-31-33-34-35-36-37-38-39-40-41-42-43-44-46-48-50-52-54-56-58-60-62-64-66-68-70-72-74-81(84)90-79(78-89-91(85,86)88-76-75-82)77-87-80(83)73-71-69-67-65-63-61-59-57-55-53-51-49-47-45-32-30-28-26-24-22-20-18-16-14-12-10-8-6-4-2/h5-8,11-14,17-20,23-26,29,31,34-35,37-38,40-41,43-44,48,50,54,56,79H,3-4,9-10,15-16,21-22,27-28,30,32-33,36,39,42,45-47,49,51-53,55,57-78,82H2,1-2H3,(H,85,86)/b7-5-,8-6-,13-11-,14-12-,19-17-,20-18-,25-23-,26-24-,31-29-,35-34-,38-37-,41-40-,44-43-,50-48-,56-54-. The fourth-order valence-corrected chi connectivity index (χ4v) is 10.3. The van der Waals surface area contributed by atoms with E-state index in [1.165, 1.54) is 103 Å². The molecule has 0 aliphatic heterocycles. The minimum absolute atomic E-state index is 0.0435. The Hall–Kier alpha value is -4.89. The highest BCUT2D eigenvalue weighted by molar-refractivity contribution is 7.47. The molecule has 91 heavy (non-hydrogen) atoms. The number of carbonyl (C=O) groups excluding carboxylic acids is 2. The van der Waals surface area contributed by atoms with Gasteiger partial charge in [-0.25, -0.2) is 4.57 Å². The van der Waals surface area contributed by atoms with Crippen molar-refractivity contribution in [3.8, 4) is 0 Å². The van der Waals surface area contributed by atoms with Crippen molar-refractivity contribution >= 4 is 19.8 Å². The molecule has 0 aromatic heterocycles. The number of phosphoric ester groups is 1. The molecule has 9 nitrogen and oxygen atoms in total. The molecule has 10 heteroatoms. The smallest absolute Gasteiger partial charge is 0.462 e. The Kier molecular flexibility index (Phi) is 70.2. The molecule has 0 aliphatic carbocycles. The lowest BCUT2D eigenvalue weighted by Crippen LogP contribution is -2.29. The van der Waals surface area contributed by atoms with Crippen molar-refractivity contribution in [2.45, 2.75) is 290 Å². The van der Waals surface area contributed by atoms with Crippen LogP contribution < -0.4 is 5.73 Å². The van der Waals surface area contributed by atoms with E-state index in [1.807, 2.05) is 0 Å². The van der Waals surface area contributed by atoms with E-state index in [2.05, 4.69) is 196 Å². The predicted molar refractivity (Wildman–Crippen MR) is 394 cm³/mol. The molecule has 0 rings (SSSR count). The van der Waals surface area contributed by atoms with Gasteiger partial charge < -0.3 is 20.1 Å². The Bertz CT molecular complexity index is 2150. The SMILES string of the molecule is CC/C=C\C/C=C\C/C=C\C/C=C\C/C=C\C/C=C\C/C=C\C/C=C\C/C=C\C/C=C\C/C=C\CCCCCCCCCC(=O)OC(COC(=O)CCCCCCCCCCCCCCCCCC/C=C\C/C=C\C/C=C\C/C=C\CC)COP(=O)(O)OCCN. The van der Waals surface area contributed by atoms with Crippen LogP contribution in [0, 0.1) is 0 Å². The molecule has 2 atom stereocenters. The largest absolute Gasteiger partial charge is 0.472 e. The molecule has 3 N–H and O–H groups in total. The summed E-state index contributed by atoms with van der Waals surface area (Å²) in [5.74, 6) is -0.846. The minimum atomic E-state index is -4.41. The molecule has 0 heterocycles. The van der Waals surface area contributed by atoms with Crippen molar-refractivity contribution < 1.29 is 37.6 Å². The number of rotatable bonds is 66. The normalized spacial score (nSPS) is 14.0. The van der Waals surface area contributed by atoms with E-state index in [0.29, 0.717) is 6.42 Å². The summed E-state index contributed by atoms with van der Waals surface area (Å²) in [4.78, 5) is 35.4. The summed E-state index contributed by atoms with van der Waals surface area (Å²) in [5.41, 5.74) is 5.40. The van der Waals surface area contributed by atoms with Crippen LogP contribution in [0.3, 0.4) is 0 Å². The van der Waals surface area contributed by atoms with Gasteiger partial charge in [0.05, 0.1) is 13.2 Å². The second-order valence-corrected chi connectivity index (χ2v) is 24.8. The Morgan fingerprint density at radius 2 is 0.571 bits per heavy atom. The highest BCUT2D eigenvalue weighted by Gasteiger charge is 2.26. The summed E-state index contributed by atoms with van der Waals surface area (Å²) < 4.78 is 33.2.